The quantitative estimate of drug-likeness (QED) is 0.544. The van der Waals surface area contributed by atoms with Crippen LogP contribution in [0.15, 0.2) is 30.5 Å². The Bertz CT molecular complexity index is 986. The highest BCUT2D eigenvalue weighted by Gasteiger charge is 2.36. The van der Waals surface area contributed by atoms with Crippen LogP contribution >= 0.6 is 0 Å². The van der Waals surface area contributed by atoms with E-state index in [-0.39, 0.29) is 30.9 Å². The van der Waals surface area contributed by atoms with Crippen molar-refractivity contribution < 1.29 is 32.7 Å². The first-order valence-electron chi connectivity index (χ1n) is 9.86. The fourth-order valence-corrected chi connectivity index (χ4v) is 4.10. The van der Waals surface area contributed by atoms with Gasteiger partial charge in [-0.15, -0.1) is 0 Å². The zero-order valence-corrected chi connectivity index (χ0v) is 16.7. The number of amides is 1. The van der Waals surface area contributed by atoms with E-state index in [9.17, 15) is 33.2 Å². The third-order valence-corrected chi connectivity index (χ3v) is 5.61. The minimum Gasteiger partial charge on any atom is -0.465 e. The zero-order chi connectivity index (χ0) is 23.0. The molecule has 1 saturated heterocycles. The number of alkyl halides is 3. The first-order chi connectivity index (χ1) is 15.1. The molecule has 0 aliphatic carbocycles. The number of aromatic nitrogens is 2. The van der Waals surface area contributed by atoms with Crippen LogP contribution in [-0.2, 0) is 19.1 Å². The van der Waals surface area contributed by atoms with Gasteiger partial charge < -0.3 is 24.9 Å². The predicted octanol–water partition coefficient (Wildman–Crippen LogP) is 2.48. The van der Waals surface area contributed by atoms with E-state index in [1.165, 1.54) is 23.2 Å². The Morgan fingerprint density at radius 2 is 1.97 bits per heavy atom. The summed E-state index contributed by atoms with van der Waals surface area (Å²) in [6.07, 6.45) is -4.21. The lowest BCUT2D eigenvalue weighted by Crippen LogP contribution is -2.57. The Labute approximate surface area is 180 Å². The van der Waals surface area contributed by atoms with Crippen molar-refractivity contribution in [3.05, 3.63) is 51.7 Å². The van der Waals surface area contributed by atoms with Crippen LogP contribution in [0.4, 0.5) is 23.8 Å². The van der Waals surface area contributed by atoms with Crippen molar-refractivity contribution in [2.75, 3.05) is 26.2 Å². The molecule has 2 aliphatic heterocycles. The highest BCUT2D eigenvalue weighted by atomic mass is 19.4. The normalized spacial score (nSPS) is 21.3. The van der Waals surface area contributed by atoms with E-state index in [1.54, 1.807) is 4.57 Å². The minimum absolute atomic E-state index is 0.173. The number of rotatable bonds is 5. The van der Waals surface area contributed by atoms with Gasteiger partial charge in [0.25, 0.3) is 0 Å². The van der Waals surface area contributed by atoms with E-state index in [2.05, 4.69) is 4.98 Å². The van der Waals surface area contributed by atoms with Crippen LogP contribution < -0.4 is 4.74 Å². The topological polar surface area (TPSA) is 114 Å². The number of hydrogen-bond donors (Lipinski definition) is 1. The standard InChI is InChI=1S/C19H20F3N5O5/c20-19(21,22)13-3-1-12(2-4-13)7-14-8-24(5-6-26(14)18(28)29)9-15-10-25-11-16(27(30)31)23-17(25)32-15/h1-4,11,14-15H,5-10H2,(H,28,29)/t14-,15?/m0/s1. The molecular formula is C19H20F3N5O5. The molecular weight excluding hydrogens is 435 g/mol. The summed E-state index contributed by atoms with van der Waals surface area (Å²) in [5.41, 5.74) is -0.140. The Balaban J connectivity index is 1.39. The molecule has 13 heteroatoms. The number of benzene rings is 1. The summed E-state index contributed by atoms with van der Waals surface area (Å²) in [5.74, 6) is -0.287. The lowest BCUT2D eigenvalue weighted by atomic mass is 10.0. The molecule has 0 radical (unpaired) electrons. The summed E-state index contributed by atoms with van der Waals surface area (Å²) in [4.78, 5) is 29.0. The fourth-order valence-electron chi connectivity index (χ4n) is 4.10. The van der Waals surface area contributed by atoms with E-state index >= 15 is 0 Å². The second kappa shape index (κ2) is 8.30. The lowest BCUT2D eigenvalue weighted by molar-refractivity contribution is -0.389. The number of halogens is 3. The van der Waals surface area contributed by atoms with Crippen LogP contribution in [0.3, 0.4) is 0 Å². The lowest BCUT2D eigenvalue weighted by Gasteiger charge is -2.40. The number of carbonyl (C=O) groups is 1. The largest absolute Gasteiger partial charge is 0.465 e. The molecule has 10 nitrogen and oxygen atoms in total. The third kappa shape index (κ3) is 4.61. The monoisotopic (exact) mass is 455 g/mol. The van der Waals surface area contributed by atoms with Crippen LogP contribution in [0.1, 0.15) is 11.1 Å². The van der Waals surface area contributed by atoms with Gasteiger partial charge in [0.2, 0.25) is 0 Å². The second-order valence-electron chi connectivity index (χ2n) is 7.82. The van der Waals surface area contributed by atoms with Gasteiger partial charge in [-0.05, 0) is 29.0 Å². The zero-order valence-electron chi connectivity index (χ0n) is 16.7. The molecule has 0 saturated carbocycles. The maximum Gasteiger partial charge on any atom is 0.416 e. The number of nitrogens with zero attached hydrogens (tertiary/aromatic N) is 5. The second-order valence-corrected chi connectivity index (χ2v) is 7.82. The molecule has 1 amide bonds. The van der Waals surface area contributed by atoms with Crippen molar-refractivity contribution in [1.29, 1.82) is 0 Å². The Morgan fingerprint density at radius 3 is 2.56 bits per heavy atom. The number of ether oxygens (including phenoxy) is 1. The number of hydrogen-bond acceptors (Lipinski definition) is 6. The predicted molar refractivity (Wildman–Crippen MR) is 103 cm³/mol. The molecule has 2 atom stereocenters. The van der Waals surface area contributed by atoms with Gasteiger partial charge >= 0.3 is 24.1 Å². The number of fused-ring (bicyclic) bond motifs is 1. The van der Waals surface area contributed by atoms with Crippen LogP contribution in [-0.4, -0.2) is 73.8 Å². The molecule has 1 unspecified atom stereocenters. The van der Waals surface area contributed by atoms with Gasteiger partial charge in [0.1, 0.15) is 12.3 Å². The summed E-state index contributed by atoms with van der Waals surface area (Å²) in [5, 5.41) is 20.3. The Hall–Kier alpha value is -3.35. The molecule has 1 aromatic heterocycles. The summed E-state index contributed by atoms with van der Waals surface area (Å²) in [6.45, 7) is 1.96. The number of imidazole rings is 1. The SMILES string of the molecule is O=C(O)N1CCN(CC2Cn3cc([N+](=O)[O-])nc3O2)C[C@@H]1Cc1ccc(C(F)(F)F)cc1. The van der Waals surface area contributed by atoms with Crippen molar-refractivity contribution >= 4 is 11.9 Å². The molecule has 2 aliphatic rings. The molecule has 2 aromatic rings. The van der Waals surface area contributed by atoms with E-state index in [1.807, 2.05) is 4.90 Å². The summed E-state index contributed by atoms with van der Waals surface area (Å²) >= 11 is 0. The molecule has 4 rings (SSSR count). The van der Waals surface area contributed by atoms with Crippen LogP contribution in [0.2, 0.25) is 0 Å². The van der Waals surface area contributed by atoms with Gasteiger partial charge in [0.15, 0.2) is 0 Å². The van der Waals surface area contributed by atoms with Crippen molar-refractivity contribution in [3.8, 4) is 6.01 Å². The van der Waals surface area contributed by atoms with E-state index < -0.39 is 28.8 Å². The van der Waals surface area contributed by atoms with Crippen molar-refractivity contribution in [3.63, 3.8) is 0 Å². The van der Waals surface area contributed by atoms with Gasteiger partial charge in [-0.1, -0.05) is 12.1 Å². The minimum atomic E-state index is -4.43. The fraction of sp³-hybridized carbons (Fsp3) is 0.474. The smallest absolute Gasteiger partial charge is 0.416 e. The molecule has 0 spiro atoms. The van der Waals surface area contributed by atoms with Crippen molar-refractivity contribution in [2.24, 2.45) is 0 Å². The van der Waals surface area contributed by atoms with Crippen LogP contribution in [0.25, 0.3) is 0 Å². The number of piperazine rings is 1. The van der Waals surface area contributed by atoms with Gasteiger partial charge in [0.05, 0.1) is 18.2 Å². The first kappa shape index (κ1) is 21.9. The van der Waals surface area contributed by atoms with Crippen LogP contribution in [0.5, 0.6) is 6.01 Å². The molecule has 1 N–H and O–H groups in total. The summed E-state index contributed by atoms with van der Waals surface area (Å²) < 4.78 is 45.6. The highest BCUT2D eigenvalue weighted by Crippen LogP contribution is 2.30. The van der Waals surface area contributed by atoms with E-state index in [0.29, 0.717) is 31.7 Å². The van der Waals surface area contributed by atoms with Crippen LogP contribution in [0, 0.1) is 10.1 Å². The van der Waals surface area contributed by atoms with Gasteiger partial charge in [-0.2, -0.15) is 13.2 Å². The third-order valence-electron chi connectivity index (χ3n) is 5.61. The molecule has 172 valence electrons. The van der Waals surface area contributed by atoms with Gasteiger partial charge in [0, 0.05) is 31.2 Å². The summed E-state index contributed by atoms with van der Waals surface area (Å²) in [6, 6.07) is 4.47. The maximum absolute atomic E-state index is 12.8. The molecule has 32 heavy (non-hydrogen) atoms. The average molecular weight is 455 g/mol. The van der Waals surface area contributed by atoms with Gasteiger partial charge in [-0.3, -0.25) is 9.47 Å². The maximum atomic E-state index is 12.8. The number of nitro groups is 1. The number of carboxylic acid groups (broad SMARTS) is 1. The van der Waals surface area contributed by atoms with E-state index in [0.717, 1.165) is 12.1 Å². The Morgan fingerprint density at radius 1 is 1.25 bits per heavy atom. The first-order valence-corrected chi connectivity index (χ1v) is 9.86. The Kier molecular flexibility index (Phi) is 5.67. The van der Waals surface area contributed by atoms with E-state index in [4.69, 9.17) is 4.74 Å². The average Bonchev–Trinajstić information content (AvgIpc) is 3.26. The molecule has 3 heterocycles. The highest BCUT2D eigenvalue weighted by molar-refractivity contribution is 5.65. The molecule has 0 bridgehead atoms. The van der Waals surface area contributed by atoms with Crippen molar-refractivity contribution in [1.82, 2.24) is 19.4 Å². The van der Waals surface area contributed by atoms with Gasteiger partial charge in [-0.25, -0.2) is 4.79 Å². The summed E-state index contributed by atoms with van der Waals surface area (Å²) in [7, 11) is 0. The molecule has 1 aromatic carbocycles. The molecule has 1 fully saturated rings. The van der Waals surface area contributed by atoms with Crippen molar-refractivity contribution in [2.45, 2.75) is 31.3 Å².